The van der Waals surface area contributed by atoms with Crippen LogP contribution in [0.5, 0.6) is 0 Å². The molecular formula is C20H20ClN3OS2. The summed E-state index contributed by atoms with van der Waals surface area (Å²) in [6, 6.07) is 13.5. The number of aromatic nitrogens is 1. The van der Waals surface area contributed by atoms with Crippen molar-refractivity contribution in [3.05, 3.63) is 47.5 Å². The number of benzene rings is 2. The molecule has 0 aliphatic carbocycles. The maximum atomic E-state index is 12.0. The number of unbranched alkanes of at least 4 members (excludes halogenated alkanes) is 2. The predicted octanol–water partition coefficient (Wildman–Crippen LogP) is 6.01. The molecule has 1 aromatic heterocycles. The number of carbonyl (C=O) groups is 1. The lowest BCUT2D eigenvalue weighted by molar-refractivity contribution is -0.119. The molecule has 140 valence electrons. The van der Waals surface area contributed by atoms with Crippen LogP contribution in [0.25, 0.3) is 20.8 Å². The normalized spacial score (nSPS) is 10.7. The van der Waals surface area contributed by atoms with Crippen molar-refractivity contribution in [3.8, 4) is 10.6 Å². The number of halogens is 1. The Morgan fingerprint density at radius 1 is 1.22 bits per heavy atom. The number of anilines is 1. The molecule has 1 amide bonds. The summed E-state index contributed by atoms with van der Waals surface area (Å²) >= 11 is 13.1. The molecule has 27 heavy (non-hydrogen) atoms. The van der Waals surface area contributed by atoms with Gasteiger partial charge in [-0.15, -0.1) is 11.3 Å². The summed E-state index contributed by atoms with van der Waals surface area (Å²) in [6.07, 6.45) is 3.45. The molecule has 0 saturated heterocycles. The SMILES string of the molecule is CCCCCC(=O)NC(=S)Nc1ccc(Cl)cc1-c1nc2ccccc2s1. The maximum absolute atomic E-state index is 12.0. The third-order valence-electron chi connectivity index (χ3n) is 4.01. The number of thiocarbonyl (C=S) groups is 1. The van der Waals surface area contributed by atoms with E-state index in [1.54, 1.807) is 17.4 Å². The van der Waals surface area contributed by atoms with Gasteiger partial charge >= 0.3 is 0 Å². The van der Waals surface area contributed by atoms with Crippen molar-refractivity contribution in [3.63, 3.8) is 0 Å². The van der Waals surface area contributed by atoms with E-state index in [0.717, 1.165) is 45.7 Å². The van der Waals surface area contributed by atoms with Gasteiger partial charge in [0.15, 0.2) is 5.11 Å². The van der Waals surface area contributed by atoms with Crippen LogP contribution in [0, 0.1) is 0 Å². The molecule has 4 nitrogen and oxygen atoms in total. The van der Waals surface area contributed by atoms with E-state index in [1.165, 1.54) is 0 Å². The van der Waals surface area contributed by atoms with Gasteiger partial charge < -0.3 is 10.6 Å². The Bertz CT molecular complexity index is 938. The topological polar surface area (TPSA) is 54.0 Å². The summed E-state index contributed by atoms with van der Waals surface area (Å²) in [7, 11) is 0. The van der Waals surface area contributed by atoms with Crippen LogP contribution in [0.3, 0.4) is 0 Å². The van der Waals surface area contributed by atoms with Crippen LogP contribution >= 0.6 is 35.2 Å². The number of nitrogens with one attached hydrogen (secondary N) is 2. The van der Waals surface area contributed by atoms with Gasteiger partial charge in [-0.1, -0.05) is 43.5 Å². The van der Waals surface area contributed by atoms with Crippen LogP contribution in [-0.2, 0) is 4.79 Å². The molecular weight excluding hydrogens is 398 g/mol. The van der Waals surface area contributed by atoms with Crippen molar-refractivity contribution in [1.82, 2.24) is 10.3 Å². The van der Waals surface area contributed by atoms with Crippen LogP contribution in [0.2, 0.25) is 5.02 Å². The molecule has 1 heterocycles. The minimum absolute atomic E-state index is 0.0727. The zero-order chi connectivity index (χ0) is 19.2. The highest BCUT2D eigenvalue weighted by molar-refractivity contribution is 7.80. The number of rotatable bonds is 6. The summed E-state index contributed by atoms with van der Waals surface area (Å²) in [5.74, 6) is -0.0727. The number of thiazole rings is 1. The molecule has 0 aliphatic heterocycles. The fourth-order valence-electron chi connectivity index (χ4n) is 2.67. The van der Waals surface area contributed by atoms with E-state index in [0.29, 0.717) is 11.4 Å². The first-order valence-corrected chi connectivity index (χ1v) is 10.4. The van der Waals surface area contributed by atoms with Gasteiger partial charge in [0.05, 0.1) is 15.9 Å². The summed E-state index contributed by atoms with van der Waals surface area (Å²) in [5, 5.41) is 7.59. The second-order valence-corrected chi connectivity index (χ2v) is 8.01. The Balaban J connectivity index is 1.78. The number of nitrogens with zero attached hydrogens (tertiary/aromatic N) is 1. The third kappa shape index (κ3) is 5.25. The molecule has 0 spiro atoms. The number of hydrogen-bond acceptors (Lipinski definition) is 4. The Hall–Kier alpha value is -2.02. The molecule has 2 aromatic carbocycles. The zero-order valence-electron chi connectivity index (χ0n) is 14.9. The maximum Gasteiger partial charge on any atom is 0.226 e. The average molecular weight is 418 g/mol. The number of amides is 1. The first kappa shape index (κ1) is 19.7. The average Bonchev–Trinajstić information content (AvgIpc) is 3.07. The lowest BCUT2D eigenvalue weighted by Gasteiger charge is -2.13. The number of hydrogen-bond donors (Lipinski definition) is 2. The van der Waals surface area contributed by atoms with Gasteiger partial charge in [-0.2, -0.15) is 0 Å². The number of fused-ring (bicyclic) bond motifs is 1. The fraction of sp³-hybridized carbons (Fsp3) is 0.250. The van der Waals surface area contributed by atoms with Crippen molar-refractivity contribution >= 4 is 62.1 Å². The smallest absolute Gasteiger partial charge is 0.226 e. The Kier molecular flexibility index (Phi) is 6.77. The van der Waals surface area contributed by atoms with Crippen LogP contribution in [0.1, 0.15) is 32.6 Å². The summed E-state index contributed by atoms with van der Waals surface area (Å²) in [4.78, 5) is 16.7. The third-order valence-corrected chi connectivity index (χ3v) is 5.52. The summed E-state index contributed by atoms with van der Waals surface area (Å²) < 4.78 is 1.10. The van der Waals surface area contributed by atoms with Crippen molar-refractivity contribution in [2.24, 2.45) is 0 Å². The highest BCUT2D eigenvalue weighted by atomic mass is 35.5. The minimum Gasteiger partial charge on any atom is -0.332 e. The first-order valence-electron chi connectivity index (χ1n) is 8.83. The minimum atomic E-state index is -0.0727. The Morgan fingerprint density at radius 2 is 2.04 bits per heavy atom. The molecule has 0 saturated carbocycles. The molecule has 2 N–H and O–H groups in total. The first-order chi connectivity index (χ1) is 13.1. The summed E-state index contributed by atoms with van der Waals surface area (Å²) in [5.41, 5.74) is 2.55. The van der Waals surface area contributed by atoms with E-state index in [-0.39, 0.29) is 11.0 Å². The second kappa shape index (κ2) is 9.26. The van der Waals surface area contributed by atoms with Crippen molar-refractivity contribution < 1.29 is 4.79 Å². The summed E-state index contributed by atoms with van der Waals surface area (Å²) in [6.45, 7) is 2.11. The largest absolute Gasteiger partial charge is 0.332 e. The van der Waals surface area contributed by atoms with E-state index in [4.69, 9.17) is 28.8 Å². The molecule has 0 atom stereocenters. The predicted molar refractivity (Wildman–Crippen MR) is 119 cm³/mol. The van der Waals surface area contributed by atoms with Crippen molar-refractivity contribution in [1.29, 1.82) is 0 Å². The van der Waals surface area contributed by atoms with Crippen LogP contribution in [-0.4, -0.2) is 16.0 Å². The quantitative estimate of drug-likeness (QED) is 0.381. The van der Waals surface area contributed by atoms with Gasteiger partial charge in [0, 0.05) is 17.0 Å². The molecule has 7 heteroatoms. The molecule has 0 fully saturated rings. The van der Waals surface area contributed by atoms with E-state index >= 15 is 0 Å². The van der Waals surface area contributed by atoms with Crippen LogP contribution < -0.4 is 10.6 Å². The highest BCUT2D eigenvalue weighted by Crippen LogP contribution is 2.36. The van der Waals surface area contributed by atoms with Gasteiger partial charge in [-0.3, -0.25) is 4.79 Å². The van der Waals surface area contributed by atoms with Gasteiger partial charge in [0.1, 0.15) is 5.01 Å². The lowest BCUT2D eigenvalue weighted by Crippen LogP contribution is -2.34. The van der Waals surface area contributed by atoms with E-state index < -0.39 is 0 Å². The fourth-order valence-corrected chi connectivity index (χ4v) is 4.06. The van der Waals surface area contributed by atoms with E-state index in [9.17, 15) is 4.79 Å². The Labute approximate surface area is 173 Å². The van der Waals surface area contributed by atoms with Gasteiger partial charge in [0.2, 0.25) is 5.91 Å². The molecule has 0 bridgehead atoms. The molecule has 0 unspecified atom stereocenters. The van der Waals surface area contributed by atoms with Gasteiger partial charge in [-0.25, -0.2) is 4.98 Å². The van der Waals surface area contributed by atoms with Crippen molar-refractivity contribution in [2.45, 2.75) is 32.6 Å². The number of carbonyl (C=O) groups excluding carboxylic acids is 1. The lowest BCUT2D eigenvalue weighted by atomic mass is 10.2. The second-order valence-electron chi connectivity index (χ2n) is 6.14. The van der Waals surface area contributed by atoms with Crippen molar-refractivity contribution in [2.75, 3.05) is 5.32 Å². The zero-order valence-corrected chi connectivity index (χ0v) is 17.3. The van der Waals surface area contributed by atoms with Crippen LogP contribution in [0.4, 0.5) is 5.69 Å². The van der Waals surface area contributed by atoms with Gasteiger partial charge in [-0.05, 0) is 49.0 Å². The monoisotopic (exact) mass is 417 g/mol. The molecule has 0 radical (unpaired) electrons. The Morgan fingerprint density at radius 3 is 2.81 bits per heavy atom. The van der Waals surface area contributed by atoms with Crippen LogP contribution in [0.15, 0.2) is 42.5 Å². The number of para-hydroxylation sites is 1. The van der Waals surface area contributed by atoms with E-state index in [2.05, 4.69) is 17.6 Å². The molecule has 0 aliphatic rings. The standard InChI is InChI=1S/C20H20ClN3OS2/c1-2-3-4-9-18(25)24-20(26)23-15-11-10-13(21)12-14(15)19-22-16-7-5-6-8-17(16)27-19/h5-8,10-12H,2-4,9H2,1H3,(H2,23,24,25,26). The highest BCUT2D eigenvalue weighted by Gasteiger charge is 2.13. The molecule has 3 rings (SSSR count). The molecule has 3 aromatic rings. The van der Waals surface area contributed by atoms with E-state index in [1.807, 2.05) is 36.4 Å². The van der Waals surface area contributed by atoms with Gasteiger partial charge in [0.25, 0.3) is 0 Å².